The molecular weight excluding hydrogens is 482 g/mol. The smallest absolute Gasteiger partial charge is 0.321 e. The molecule has 3 amide bonds. The highest BCUT2D eigenvalue weighted by Crippen LogP contribution is 2.29. The number of nitrogens with one attached hydrogen (secondary N) is 2. The Hall–Kier alpha value is -4.60. The second kappa shape index (κ2) is 10.8. The van der Waals surface area contributed by atoms with Crippen LogP contribution in [0.4, 0.5) is 21.9 Å². The third kappa shape index (κ3) is 5.86. The minimum absolute atomic E-state index is 0.132. The van der Waals surface area contributed by atoms with Crippen LogP contribution in [0.1, 0.15) is 32.0 Å². The average Bonchev–Trinajstić information content (AvgIpc) is 2.99. The number of Topliss-reactive ketones (excluding diaryl/α,β-unsaturated/α-hetero) is 1. The number of hydrogen-bond acceptors (Lipinski definition) is 7. The molecule has 10 nitrogen and oxygen atoms in total. The van der Waals surface area contributed by atoms with Crippen LogP contribution in [0.5, 0.6) is 0 Å². The van der Waals surface area contributed by atoms with Crippen molar-refractivity contribution in [1.82, 2.24) is 15.5 Å². The Morgan fingerprint density at radius 3 is 2.47 bits per heavy atom. The normalized spacial score (nSPS) is 15.2. The lowest BCUT2D eigenvalue weighted by molar-refractivity contribution is -0.127. The number of ketones is 1. The van der Waals surface area contributed by atoms with Crippen LogP contribution < -0.4 is 20.4 Å². The van der Waals surface area contributed by atoms with Crippen LogP contribution in [0.25, 0.3) is 0 Å². The zero-order valence-corrected chi connectivity index (χ0v) is 22.1. The van der Waals surface area contributed by atoms with Crippen molar-refractivity contribution in [3.8, 4) is 0 Å². The number of carbonyl (C=O) groups excluding carboxylic acids is 3. The lowest BCUT2D eigenvalue weighted by Crippen LogP contribution is -2.50. The van der Waals surface area contributed by atoms with Gasteiger partial charge >= 0.3 is 6.03 Å². The first-order valence-corrected chi connectivity index (χ1v) is 12.2. The summed E-state index contributed by atoms with van der Waals surface area (Å²) < 4.78 is 0. The summed E-state index contributed by atoms with van der Waals surface area (Å²) in [6.45, 7) is 5.23. The van der Waals surface area contributed by atoms with Gasteiger partial charge in [0.05, 0.1) is 17.9 Å². The van der Waals surface area contributed by atoms with Crippen molar-refractivity contribution in [3.63, 3.8) is 0 Å². The maximum absolute atomic E-state index is 13.9. The number of para-hydroxylation sites is 1. The molecule has 1 aliphatic heterocycles. The molecular formula is C28H31N7O3. The number of urea groups is 1. The number of carbonyl (C=O) groups is 3. The lowest BCUT2D eigenvalue weighted by Gasteiger charge is -2.28. The zero-order chi connectivity index (χ0) is 27.4. The SMILES string of the molecule is CN(C)c1cccc(NC(=O)NC2N=C(c3cccnn3)c3ccccc3N(CC(=O)C(C)(C)C)C2=O)c1. The molecule has 0 saturated heterocycles. The second-order valence-electron chi connectivity index (χ2n) is 10.1. The first-order chi connectivity index (χ1) is 18.0. The van der Waals surface area contributed by atoms with E-state index in [-0.39, 0.29) is 12.3 Å². The van der Waals surface area contributed by atoms with Gasteiger partial charge in [0.15, 0.2) is 5.78 Å². The van der Waals surface area contributed by atoms with Gasteiger partial charge < -0.3 is 20.4 Å². The third-order valence-electron chi connectivity index (χ3n) is 6.05. The Kier molecular flexibility index (Phi) is 7.52. The number of aromatic nitrogens is 2. The highest BCUT2D eigenvalue weighted by Gasteiger charge is 2.36. The number of fused-ring (bicyclic) bond motifs is 1. The van der Waals surface area contributed by atoms with Crippen LogP contribution in [0, 0.1) is 5.41 Å². The van der Waals surface area contributed by atoms with Crippen LogP contribution in [0.2, 0.25) is 0 Å². The molecule has 1 atom stereocenters. The fourth-order valence-electron chi connectivity index (χ4n) is 3.85. The number of rotatable bonds is 6. The van der Waals surface area contributed by atoms with Gasteiger partial charge in [-0.15, -0.1) is 5.10 Å². The van der Waals surface area contributed by atoms with Gasteiger partial charge in [-0.05, 0) is 36.4 Å². The van der Waals surface area contributed by atoms with E-state index in [9.17, 15) is 14.4 Å². The lowest BCUT2D eigenvalue weighted by atomic mass is 9.90. The highest BCUT2D eigenvalue weighted by molar-refractivity contribution is 6.20. The highest BCUT2D eigenvalue weighted by atomic mass is 16.2. The predicted molar refractivity (Wildman–Crippen MR) is 148 cm³/mol. The molecule has 38 heavy (non-hydrogen) atoms. The first-order valence-electron chi connectivity index (χ1n) is 12.2. The summed E-state index contributed by atoms with van der Waals surface area (Å²) in [5, 5.41) is 13.6. The summed E-state index contributed by atoms with van der Waals surface area (Å²) >= 11 is 0. The van der Waals surface area contributed by atoms with Crippen LogP contribution in [0.15, 0.2) is 71.9 Å². The molecule has 1 aliphatic rings. The Balaban J connectivity index is 1.73. The molecule has 0 fully saturated rings. The molecule has 3 aromatic rings. The molecule has 4 rings (SSSR count). The van der Waals surface area contributed by atoms with E-state index in [0.29, 0.717) is 28.3 Å². The minimum atomic E-state index is -1.32. The van der Waals surface area contributed by atoms with E-state index in [1.807, 2.05) is 43.3 Å². The summed E-state index contributed by atoms with van der Waals surface area (Å²) in [6, 6.07) is 17.3. The van der Waals surface area contributed by atoms with Crippen LogP contribution in [0.3, 0.4) is 0 Å². The van der Waals surface area contributed by atoms with Crippen LogP contribution in [-0.2, 0) is 9.59 Å². The predicted octanol–water partition coefficient (Wildman–Crippen LogP) is 3.49. The van der Waals surface area contributed by atoms with E-state index in [1.165, 1.54) is 11.1 Å². The second-order valence-corrected chi connectivity index (χ2v) is 10.1. The van der Waals surface area contributed by atoms with Crippen molar-refractivity contribution >= 4 is 40.5 Å². The van der Waals surface area contributed by atoms with Gasteiger partial charge in [0, 0.05) is 42.6 Å². The number of benzodiazepines with no additional fused rings is 1. The molecule has 0 aliphatic carbocycles. The van der Waals surface area contributed by atoms with Crippen molar-refractivity contribution < 1.29 is 14.4 Å². The molecule has 10 heteroatoms. The maximum atomic E-state index is 13.9. The van der Waals surface area contributed by atoms with E-state index < -0.39 is 23.5 Å². The largest absolute Gasteiger partial charge is 0.378 e. The molecule has 2 N–H and O–H groups in total. The maximum Gasteiger partial charge on any atom is 0.321 e. The molecule has 0 saturated carbocycles. The van der Waals surface area contributed by atoms with Crippen molar-refractivity contribution in [2.24, 2.45) is 10.4 Å². The minimum Gasteiger partial charge on any atom is -0.378 e. The Morgan fingerprint density at radius 1 is 1.03 bits per heavy atom. The van der Waals surface area contributed by atoms with E-state index in [1.54, 1.807) is 57.2 Å². The number of hydrogen-bond donors (Lipinski definition) is 2. The van der Waals surface area contributed by atoms with Crippen molar-refractivity contribution in [1.29, 1.82) is 0 Å². The van der Waals surface area contributed by atoms with Crippen molar-refractivity contribution in [2.75, 3.05) is 35.8 Å². The fourth-order valence-corrected chi connectivity index (χ4v) is 3.85. The molecule has 2 aromatic carbocycles. The van der Waals surface area contributed by atoms with Crippen molar-refractivity contribution in [2.45, 2.75) is 26.9 Å². The monoisotopic (exact) mass is 513 g/mol. The Labute approximate surface area is 221 Å². The number of aliphatic imine (C=N–C) groups is 1. The number of nitrogens with zero attached hydrogens (tertiary/aromatic N) is 5. The summed E-state index contributed by atoms with van der Waals surface area (Å²) in [6.07, 6.45) is 0.223. The van der Waals surface area contributed by atoms with Gasteiger partial charge in [0.1, 0.15) is 5.69 Å². The average molecular weight is 514 g/mol. The van der Waals surface area contributed by atoms with Crippen LogP contribution >= 0.6 is 0 Å². The van der Waals surface area contributed by atoms with E-state index in [4.69, 9.17) is 0 Å². The first kappa shape index (κ1) is 26.5. The van der Waals surface area contributed by atoms with Gasteiger partial charge in [-0.25, -0.2) is 9.79 Å². The zero-order valence-electron chi connectivity index (χ0n) is 22.1. The molecule has 0 spiro atoms. The van der Waals surface area contributed by atoms with Gasteiger partial charge in [-0.3, -0.25) is 9.59 Å². The Morgan fingerprint density at radius 2 is 1.79 bits per heavy atom. The topological polar surface area (TPSA) is 120 Å². The number of amides is 3. The Bertz CT molecular complexity index is 1380. The molecule has 1 aromatic heterocycles. The molecule has 1 unspecified atom stereocenters. The number of anilines is 3. The molecule has 0 radical (unpaired) electrons. The van der Waals surface area contributed by atoms with E-state index in [2.05, 4.69) is 25.8 Å². The summed E-state index contributed by atoms with van der Waals surface area (Å²) in [7, 11) is 3.80. The van der Waals surface area contributed by atoms with E-state index >= 15 is 0 Å². The standard InChI is InChI=1S/C28H31N7O3/c1-28(2,3)23(36)17-35-22-14-7-6-12-20(22)24(21-13-9-15-29-33-21)31-25(26(35)37)32-27(38)30-18-10-8-11-19(16-18)34(4)5/h6-16,25H,17H2,1-5H3,(H2,30,32,38). The quantitative estimate of drug-likeness (QED) is 0.521. The molecule has 2 heterocycles. The van der Waals surface area contributed by atoms with Gasteiger partial charge in [0.2, 0.25) is 6.17 Å². The fraction of sp³-hybridized carbons (Fsp3) is 0.286. The number of benzene rings is 2. The summed E-state index contributed by atoms with van der Waals surface area (Å²) in [4.78, 5) is 47.9. The van der Waals surface area contributed by atoms with E-state index in [0.717, 1.165) is 5.69 Å². The van der Waals surface area contributed by atoms with Gasteiger partial charge in [-0.1, -0.05) is 45.0 Å². The summed E-state index contributed by atoms with van der Waals surface area (Å²) in [5.41, 5.74) is 2.70. The van der Waals surface area contributed by atoms with Crippen LogP contribution in [-0.4, -0.2) is 60.4 Å². The van der Waals surface area contributed by atoms with Gasteiger partial charge in [0.25, 0.3) is 5.91 Å². The van der Waals surface area contributed by atoms with Crippen molar-refractivity contribution in [3.05, 3.63) is 78.1 Å². The van der Waals surface area contributed by atoms with Gasteiger partial charge in [-0.2, -0.15) is 5.10 Å². The summed E-state index contributed by atoms with van der Waals surface area (Å²) in [5.74, 6) is -0.668. The molecule has 0 bridgehead atoms. The molecule has 196 valence electrons. The third-order valence-corrected chi connectivity index (χ3v) is 6.05.